The average Bonchev–Trinajstić information content (AvgIpc) is 3.33. The van der Waals surface area contributed by atoms with Gasteiger partial charge in [0.15, 0.2) is 0 Å². The number of carbonyl (C=O) groups is 2. The van der Waals surface area contributed by atoms with Crippen molar-refractivity contribution in [2.45, 2.75) is 66.0 Å². The lowest BCUT2D eigenvalue weighted by molar-refractivity contribution is -0.122. The zero-order valence-corrected chi connectivity index (χ0v) is 23.2. The van der Waals surface area contributed by atoms with Gasteiger partial charge in [0, 0.05) is 22.6 Å². The van der Waals surface area contributed by atoms with E-state index in [2.05, 4.69) is 50.3 Å². The van der Waals surface area contributed by atoms with Crippen molar-refractivity contribution in [3.05, 3.63) is 38.6 Å². The largest absolute Gasteiger partial charge is 0.474 e. The Balaban J connectivity index is 0.00000199. The molecule has 2 aromatic heterocycles. The van der Waals surface area contributed by atoms with Gasteiger partial charge in [-0.1, -0.05) is 47.0 Å². The molecule has 0 spiro atoms. The zero-order valence-electron chi connectivity index (χ0n) is 20.8. The van der Waals surface area contributed by atoms with E-state index in [1.165, 1.54) is 11.3 Å². The lowest BCUT2D eigenvalue weighted by Gasteiger charge is -2.30. The van der Waals surface area contributed by atoms with Crippen molar-refractivity contribution in [1.29, 1.82) is 0 Å². The monoisotopic (exact) mass is 552 g/mol. The summed E-state index contributed by atoms with van der Waals surface area (Å²) in [6.45, 7) is 10.3. The molecule has 0 aliphatic carbocycles. The standard InChI is InChI=1S/C23H31BrN4O3S.C2H6/c1-4-6-15(5-2)11-18(21(29)25-3)27-22(30)20-8-7-17(32-20)14-28-9-10-31-23-19(28)12-16(24)13-26-23;1-2/h7-8,12-13,15,18H,4-6,9-11,14H2,1-3H3,(H,25,29)(H,27,30);1-2H3. The first-order chi connectivity index (χ1) is 16.4. The van der Waals surface area contributed by atoms with E-state index in [9.17, 15) is 9.59 Å². The van der Waals surface area contributed by atoms with Gasteiger partial charge in [-0.3, -0.25) is 9.59 Å². The first-order valence-corrected chi connectivity index (χ1v) is 13.7. The SMILES string of the molecule is CC.CCCC(CC)CC(NC(=O)c1ccc(CN2CCOc3ncc(Br)cc32)s1)C(=O)NC. The van der Waals surface area contributed by atoms with Crippen LogP contribution in [-0.2, 0) is 11.3 Å². The molecule has 34 heavy (non-hydrogen) atoms. The van der Waals surface area contributed by atoms with Crippen LogP contribution in [-0.4, -0.2) is 43.0 Å². The van der Waals surface area contributed by atoms with Crippen molar-refractivity contribution in [2.24, 2.45) is 5.92 Å². The molecule has 7 nitrogen and oxygen atoms in total. The van der Waals surface area contributed by atoms with Crippen LogP contribution < -0.4 is 20.3 Å². The van der Waals surface area contributed by atoms with Gasteiger partial charge in [-0.25, -0.2) is 4.98 Å². The molecule has 0 saturated carbocycles. The Morgan fingerprint density at radius 2 is 2.06 bits per heavy atom. The fraction of sp³-hybridized carbons (Fsp3) is 0.560. The number of hydrogen-bond acceptors (Lipinski definition) is 6. The van der Waals surface area contributed by atoms with Crippen LogP contribution in [0.4, 0.5) is 5.69 Å². The van der Waals surface area contributed by atoms with Gasteiger partial charge >= 0.3 is 0 Å². The summed E-state index contributed by atoms with van der Waals surface area (Å²) >= 11 is 4.92. The van der Waals surface area contributed by atoms with Gasteiger partial charge in [-0.05, 0) is 46.5 Å². The van der Waals surface area contributed by atoms with E-state index in [-0.39, 0.29) is 11.8 Å². The van der Waals surface area contributed by atoms with Crippen molar-refractivity contribution in [3.8, 4) is 5.88 Å². The number of likely N-dealkylation sites (N-methyl/N-ethyl adjacent to an activating group) is 1. The number of nitrogens with zero attached hydrogens (tertiary/aromatic N) is 2. The highest BCUT2D eigenvalue weighted by Gasteiger charge is 2.25. The summed E-state index contributed by atoms with van der Waals surface area (Å²) in [5, 5.41) is 5.65. The van der Waals surface area contributed by atoms with E-state index in [0.717, 1.165) is 40.8 Å². The van der Waals surface area contributed by atoms with Crippen molar-refractivity contribution >= 4 is 44.8 Å². The van der Waals surface area contributed by atoms with Crippen LogP contribution in [0, 0.1) is 5.92 Å². The molecule has 3 heterocycles. The fourth-order valence-corrected chi connectivity index (χ4v) is 5.18. The number of amides is 2. The molecule has 2 N–H and O–H groups in total. The summed E-state index contributed by atoms with van der Waals surface area (Å²) in [4.78, 5) is 33.5. The highest BCUT2D eigenvalue weighted by atomic mass is 79.9. The molecular formula is C25H37BrN4O3S. The van der Waals surface area contributed by atoms with E-state index in [1.54, 1.807) is 13.2 Å². The van der Waals surface area contributed by atoms with Gasteiger partial charge in [0.05, 0.1) is 18.0 Å². The molecule has 2 aromatic rings. The Morgan fingerprint density at radius 1 is 1.29 bits per heavy atom. The number of pyridine rings is 1. The second kappa shape index (κ2) is 14.3. The van der Waals surface area contributed by atoms with Crippen LogP contribution in [0.25, 0.3) is 0 Å². The van der Waals surface area contributed by atoms with Crippen LogP contribution in [0.2, 0.25) is 0 Å². The predicted octanol–water partition coefficient (Wildman–Crippen LogP) is 5.39. The fourth-order valence-electron chi connectivity index (χ4n) is 3.93. The molecule has 1 aliphatic rings. The normalized spacial score (nSPS) is 14.1. The molecule has 2 atom stereocenters. The minimum absolute atomic E-state index is 0.146. The van der Waals surface area contributed by atoms with Gasteiger partial charge in [0.25, 0.3) is 5.91 Å². The van der Waals surface area contributed by atoms with Crippen LogP contribution >= 0.6 is 27.3 Å². The molecule has 188 valence electrons. The van der Waals surface area contributed by atoms with E-state index >= 15 is 0 Å². The molecule has 3 rings (SSSR count). The minimum atomic E-state index is -0.524. The average molecular weight is 554 g/mol. The Bertz CT molecular complexity index is 937. The van der Waals surface area contributed by atoms with Crippen LogP contribution in [0.3, 0.4) is 0 Å². The van der Waals surface area contributed by atoms with Gasteiger partial charge in [-0.15, -0.1) is 11.3 Å². The molecule has 0 fully saturated rings. The summed E-state index contributed by atoms with van der Waals surface area (Å²) in [5.41, 5.74) is 0.936. The van der Waals surface area contributed by atoms with E-state index in [1.807, 2.05) is 32.0 Å². The third-order valence-electron chi connectivity index (χ3n) is 5.68. The Kier molecular flexibility index (Phi) is 11.8. The predicted molar refractivity (Wildman–Crippen MR) is 143 cm³/mol. The van der Waals surface area contributed by atoms with Crippen molar-refractivity contribution < 1.29 is 14.3 Å². The molecule has 0 aromatic carbocycles. The highest BCUT2D eigenvalue weighted by Crippen LogP contribution is 2.33. The molecule has 0 bridgehead atoms. The highest BCUT2D eigenvalue weighted by molar-refractivity contribution is 9.10. The topological polar surface area (TPSA) is 83.6 Å². The van der Waals surface area contributed by atoms with Gasteiger partial charge < -0.3 is 20.3 Å². The number of ether oxygens (including phenoxy) is 1. The number of carbonyl (C=O) groups excluding carboxylic acids is 2. The molecule has 9 heteroatoms. The van der Waals surface area contributed by atoms with Gasteiger partial charge in [0.2, 0.25) is 11.8 Å². The third kappa shape index (κ3) is 7.70. The summed E-state index contributed by atoms with van der Waals surface area (Å²) in [7, 11) is 1.61. The zero-order chi connectivity index (χ0) is 25.1. The van der Waals surface area contributed by atoms with Crippen LogP contribution in [0.5, 0.6) is 5.88 Å². The summed E-state index contributed by atoms with van der Waals surface area (Å²) in [6.07, 6.45) is 5.49. The summed E-state index contributed by atoms with van der Waals surface area (Å²) in [5.74, 6) is 0.691. The molecular weight excluding hydrogens is 516 g/mol. The maximum atomic E-state index is 12.9. The lowest BCUT2D eigenvalue weighted by Crippen LogP contribution is -2.46. The quantitative estimate of drug-likeness (QED) is 0.412. The third-order valence-corrected chi connectivity index (χ3v) is 7.19. The number of nitrogens with one attached hydrogen (secondary N) is 2. The molecule has 0 radical (unpaired) electrons. The number of halogens is 1. The van der Waals surface area contributed by atoms with Crippen LogP contribution in [0.15, 0.2) is 28.9 Å². The number of rotatable bonds is 10. The Morgan fingerprint density at radius 3 is 2.74 bits per heavy atom. The van der Waals surface area contributed by atoms with E-state index < -0.39 is 6.04 Å². The Hall–Kier alpha value is -2.13. The van der Waals surface area contributed by atoms with Gasteiger partial charge in [0.1, 0.15) is 18.3 Å². The molecule has 2 amide bonds. The summed E-state index contributed by atoms with van der Waals surface area (Å²) < 4.78 is 6.55. The molecule has 0 saturated heterocycles. The van der Waals surface area contributed by atoms with E-state index in [0.29, 0.717) is 36.2 Å². The first-order valence-electron chi connectivity index (χ1n) is 12.1. The van der Waals surface area contributed by atoms with Crippen molar-refractivity contribution in [3.63, 3.8) is 0 Å². The van der Waals surface area contributed by atoms with Gasteiger partial charge in [-0.2, -0.15) is 0 Å². The smallest absolute Gasteiger partial charge is 0.262 e. The number of fused-ring (bicyclic) bond motifs is 1. The van der Waals surface area contributed by atoms with Crippen molar-refractivity contribution in [1.82, 2.24) is 15.6 Å². The number of hydrogen-bond donors (Lipinski definition) is 2. The lowest BCUT2D eigenvalue weighted by atomic mass is 9.92. The maximum Gasteiger partial charge on any atom is 0.262 e. The maximum absolute atomic E-state index is 12.9. The molecule has 2 unspecified atom stereocenters. The Labute approximate surface area is 215 Å². The number of anilines is 1. The van der Waals surface area contributed by atoms with E-state index in [4.69, 9.17) is 4.74 Å². The number of thiophene rings is 1. The van der Waals surface area contributed by atoms with Crippen molar-refractivity contribution in [2.75, 3.05) is 25.1 Å². The minimum Gasteiger partial charge on any atom is -0.474 e. The first kappa shape index (κ1) is 28.1. The summed E-state index contributed by atoms with van der Waals surface area (Å²) in [6, 6.07) is 5.28. The second-order valence-electron chi connectivity index (χ2n) is 7.95. The second-order valence-corrected chi connectivity index (χ2v) is 10.0. The number of aromatic nitrogens is 1. The molecule has 1 aliphatic heterocycles. The van der Waals surface area contributed by atoms with Crippen LogP contribution in [0.1, 0.15) is 67.9 Å².